The number of nitrogen functional groups attached to an aromatic ring is 1. The molecule has 0 unspecified atom stereocenters. The number of anilines is 2. The van der Waals surface area contributed by atoms with Gasteiger partial charge < -0.3 is 11.1 Å². The Morgan fingerprint density at radius 1 is 1.19 bits per heavy atom. The van der Waals surface area contributed by atoms with Crippen molar-refractivity contribution >= 4 is 17.3 Å². The molecule has 3 N–H and O–H groups in total. The van der Waals surface area contributed by atoms with E-state index < -0.39 is 0 Å². The summed E-state index contributed by atoms with van der Waals surface area (Å²) in [5.41, 5.74) is 9.59. The molecule has 2 aromatic carbocycles. The molecule has 21 heavy (non-hydrogen) atoms. The highest BCUT2D eigenvalue weighted by molar-refractivity contribution is 5.92. The SMILES string of the molecule is Cc1ccc(NC(=O)CN(C)Cc2cccc(N)c2)cc1. The van der Waals surface area contributed by atoms with Crippen LogP contribution in [-0.2, 0) is 11.3 Å². The van der Waals surface area contributed by atoms with Crippen molar-refractivity contribution in [1.29, 1.82) is 0 Å². The van der Waals surface area contributed by atoms with Crippen molar-refractivity contribution in [2.45, 2.75) is 13.5 Å². The van der Waals surface area contributed by atoms with Crippen molar-refractivity contribution < 1.29 is 4.79 Å². The lowest BCUT2D eigenvalue weighted by molar-refractivity contribution is -0.117. The molecule has 4 heteroatoms. The molecule has 2 rings (SSSR count). The third-order valence-corrected chi connectivity index (χ3v) is 3.15. The van der Waals surface area contributed by atoms with E-state index in [1.54, 1.807) is 0 Å². The average Bonchev–Trinajstić information content (AvgIpc) is 2.41. The van der Waals surface area contributed by atoms with Crippen molar-refractivity contribution in [1.82, 2.24) is 4.90 Å². The zero-order valence-corrected chi connectivity index (χ0v) is 12.5. The molecule has 0 radical (unpaired) electrons. The topological polar surface area (TPSA) is 58.4 Å². The summed E-state index contributed by atoms with van der Waals surface area (Å²) in [5, 5.41) is 2.89. The molecule has 110 valence electrons. The second-order valence-corrected chi connectivity index (χ2v) is 5.33. The predicted molar refractivity (Wildman–Crippen MR) is 87.0 cm³/mol. The van der Waals surface area contributed by atoms with E-state index in [0.717, 1.165) is 16.9 Å². The summed E-state index contributed by atoms with van der Waals surface area (Å²) in [7, 11) is 1.91. The molecule has 0 saturated carbocycles. The van der Waals surface area contributed by atoms with E-state index in [4.69, 9.17) is 5.73 Å². The smallest absolute Gasteiger partial charge is 0.238 e. The van der Waals surface area contributed by atoms with Gasteiger partial charge in [-0.25, -0.2) is 0 Å². The maximum absolute atomic E-state index is 12.0. The first-order valence-electron chi connectivity index (χ1n) is 6.92. The van der Waals surface area contributed by atoms with Crippen LogP contribution in [0, 0.1) is 6.92 Å². The number of benzene rings is 2. The Bertz CT molecular complexity index is 608. The number of hydrogen-bond donors (Lipinski definition) is 2. The summed E-state index contributed by atoms with van der Waals surface area (Å²) in [5.74, 6) is -0.0229. The predicted octanol–water partition coefficient (Wildman–Crippen LogP) is 2.65. The summed E-state index contributed by atoms with van der Waals surface area (Å²) in [6.07, 6.45) is 0. The zero-order chi connectivity index (χ0) is 15.2. The van der Waals surface area contributed by atoms with Crippen LogP contribution in [-0.4, -0.2) is 24.4 Å². The number of hydrogen-bond acceptors (Lipinski definition) is 3. The van der Waals surface area contributed by atoms with Gasteiger partial charge in [0.05, 0.1) is 6.54 Å². The first kappa shape index (κ1) is 15.1. The summed E-state index contributed by atoms with van der Waals surface area (Å²) in [6, 6.07) is 15.5. The highest BCUT2D eigenvalue weighted by Gasteiger charge is 2.07. The molecule has 0 fully saturated rings. The van der Waals surface area contributed by atoms with Gasteiger partial charge in [-0.2, -0.15) is 0 Å². The third kappa shape index (κ3) is 4.93. The number of nitrogens with zero attached hydrogens (tertiary/aromatic N) is 1. The number of amides is 1. The van der Waals surface area contributed by atoms with Crippen LogP contribution >= 0.6 is 0 Å². The Kier molecular flexibility index (Phi) is 4.95. The second kappa shape index (κ2) is 6.90. The molecule has 0 aromatic heterocycles. The van der Waals surface area contributed by atoms with E-state index in [9.17, 15) is 4.79 Å². The van der Waals surface area contributed by atoms with Crippen molar-refractivity contribution in [3.8, 4) is 0 Å². The van der Waals surface area contributed by atoms with Gasteiger partial charge in [0.15, 0.2) is 0 Å². The van der Waals surface area contributed by atoms with Gasteiger partial charge in [-0.05, 0) is 43.8 Å². The highest BCUT2D eigenvalue weighted by Crippen LogP contribution is 2.10. The van der Waals surface area contributed by atoms with Crippen LogP contribution in [0.1, 0.15) is 11.1 Å². The number of likely N-dealkylation sites (N-methyl/N-ethyl adjacent to an activating group) is 1. The third-order valence-electron chi connectivity index (χ3n) is 3.15. The maximum Gasteiger partial charge on any atom is 0.238 e. The van der Waals surface area contributed by atoms with E-state index in [1.165, 1.54) is 5.56 Å². The lowest BCUT2D eigenvalue weighted by Crippen LogP contribution is -2.29. The summed E-state index contributed by atoms with van der Waals surface area (Å²) < 4.78 is 0. The van der Waals surface area contributed by atoms with Gasteiger partial charge in [0.25, 0.3) is 0 Å². The molecule has 0 aliphatic heterocycles. The van der Waals surface area contributed by atoms with Crippen molar-refractivity contribution in [2.24, 2.45) is 0 Å². The van der Waals surface area contributed by atoms with E-state index >= 15 is 0 Å². The number of nitrogens with two attached hydrogens (primary N) is 1. The van der Waals surface area contributed by atoms with E-state index in [1.807, 2.05) is 67.4 Å². The first-order valence-corrected chi connectivity index (χ1v) is 6.92. The largest absolute Gasteiger partial charge is 0.399 e. The van der Waals surface area contributed by atoms with E-state index in [0.29, 0.717) is 13.1 Å². The maximum atomic E-state index is 12.0. The molecule has 0 aliphatic carbocycles. The number of rotatable bonds is 5. The van der Waals surface area contributed by atoms with Crippen molar-refractivity contribution in [3.05, 3.63) is 59.7 Å². The lowest BCUT2D eigenvalue weighted by Gasteiger charge is -2.16. The van der Waals surface area contributed by atoms with Gasteiger partial charge in [-0.3, -0.25) is 9.69 Å². The van der Waals surface area contributed by atoms with E-state index in [2.05, 4.69) is 5.32 Å². The zero-order valence-electron chi connectivity index (χ0n) is 12.5. The quantitative estimate of drug-likeness (QED) is 0.829. The molecule has 0 spiro atoms. The van der Waals surface area contributed by atoms with Crippen LogP contribution in [0.2, 0.25) is 0 Å². The van der Waals surface area contributed by atoms with Gasteiger partial charge in [-0.1, -0.05) is 29.8 Å². The van der Waals surface area contributed by atoms with Crippen LogP contribution < -0.4 is 11.1 Å². The number of carbonyl (C=O) groups excluding carboxylic acids is 1. The number of aryl methyl sites for hydroxylation is 1. The van der Waals surface area contributed by atoms with Crippen molar-refractivity contribution in [2.75, 3.05) is 24.6 Å². The summed E-state index contributed by atoms with van der Waals surface area (Å²) in [4.78, 5) is 13.9. The molecular weight excluding hydrogens is 262 g/mol. The molecule has 4 nitrogen and oxygen atoms in total. The van der Waals surface area contributed by atoms with Crippen LogP contribution in [0.3, 0.4) is 0 Å². The fourth-order valence-electron chi connectivity index (χ4n) is 2.14. The average molecular weight is 283 g/mol. The normalized spacial score (nSPS) is 10.6. The lowest BCUT2D eigenvalue weighted by atomic mass is 10.2. The van der Waals surface area contributed by atoms with Gasteiger partial charge in [-0.15, -0.1) is 0 Å². The highest BCUT2D eigenvalue weighted by atomic mass is 16.2. The Morgan fingerprint density at radius 2 is 1.90 bits per heavy atom. The fourth-order valence-corrected chi connectivity index (χ4v) is 2.14. The summed E-state index contributed by atoms with van der Waals surface area (Å²) >= 11 is 0. The number of carbonyl (C=O) groups is 1. The fraction of sp³-hybridized carbons (Fsp3) is 0.235. The molecule has 0 heterocycles. The Morgan fingerprint density at radius 3 is 2.57 bits per heavy atom. The Balaban J connectivity index is 1.86. The van der Waals surface area contributed by atoms with Crippen LogP contribution in [0.25, 0.3) is 0 Å². The van der Waals surface area contributed by atoms with Crippen LogP contribution in [0.5, 0.6) is 0 Å². The standard InChI is InChI=1S/C17H21N3O/c1-13-6-8-16(9-7-13)19-17(21)12-20(2)11-14-4-3-5-15(18)10-14/h3-10H,11-12,18H2,1-2H3,(H,19,21). The minimum atomic E-state index is -0.0229. The molecule has 2 aromatic rings. The molecule has 0 saturated heterocycles. The Labute approximate surface area is 125 Å². The molecule has 0 atom stereocenters. The summed E-state index contributed by atoms with van der Waals surface area (Å²) in [6.45, 7) is 3.04. The monoisotopic (exact) mass is 283 g/mol. The van der Waals surface area contributed by atoms with Gasteiger partial charge >= 0.3 is 0 Å². The second-order valence-electron chi connectivity index (χ2n) is 5.33. The first-order chi connectivity index (χ1) is 10.0. The van der Waals surface area contributed by atoms with Crippen LogP contribution in [0.15, 0.2) is 48.5 Å². The molecular formula is C17H21N3O. The Hall–Kier alpha value is -2.33. The molecule has 0 bridgehead atoms. The van der Waals surface area contributed by atoms with Crippen LogP contribution in [0.4, 0.5) is 11.4 Å². The minimum Gasteiger partial charge on any atom is -0.399 e. The minimum absolute atomic E-state index is 0.0229. The van der Waals surface area contributed by atoms with Crippen molar-refractivity contribution in [3.63, 3.8) is 0 Å². The van der Waals surface area contributed by atoms with E-state index in [-0.39, 0.29) is 5.91 Å². The van der Waals surface area contributed by atoms with Gasteiger partial charge in [0.2, 0.25) is 5.91 Å². The number of nitrogens with one attached hydrogen (secondary N) is 1. The molecule has 0 aliphatic rings. The van der Waals surface area contributed by atoms with Gasteiger partial charge in [0, 0.05) is 17.9 Å². The van der Waals surface area contributed by atoms with Gasteiger partial charge in [0.1, 0.15) is 0 Å². The molecule has 1 amide bonds.